The second-order valence-electron chi connectivity index (χ2n) is 5.44. The van der Waals surface area contributed by atoms with Gasteiger partial charge in [-0.3, -0.25) is 0 Å². The minimum absolute atomic E-state index is 0.670. The Morgan fingerprint density at radius 1 is 1.00 bits per heavy atom. The Hall–Kier alpha value is -1.59. The van der Waals surface area contributed by atoms with Crippen molar-refractivity contribution in [3.63, 3.8) is 0 Å². The second kappa shape index (κ2) is 7.26. The minimum Gasteiger partial charge on any atom is -0.354 e. The lowest BCUT2D eigenvalue weighted by molar-refractivity contribution is 0.550. The highest BCUT2D eigenvalue weighted by Crippen LogP contribution is 2.19. The van der Waals surface area contributed by atoms with Gasteiger partial charge in [-0.1, -0.05) is 19.3 Å². The zero-order valence-electron chi connectivity index (χ0n) is 12.9. The fraction of sp³-hybridized carbons (Fsp3) is 0.786. The summed E-state index contributed by atoms with van der Waals surface area (Å²) in [7, 11) is 3.92. The van der Waals surface area contributed by atoms with Crippen LogP contribution in [-0.4, -0.2) is 48.7 Å². The Labute approximate surface area is 121 Å². The highest BCUT2D eigenvalue weighted by Gasteiger charge is 2.15. The van der Waals surface area contributed by atoms with Gasteiger partial charge < -0.3 is 15.1 Å². The lowest BCUT2D eigenvalue weighted by Gasteiger charge is -2.25. The molecule has 0 saturated carbocycles. The molecular weight excluding hydrogens is 252 g/mol. The van der Waals surface area contributed by atoms with Gasteiger partial charge in [-0.15, -0.1) is 0 Å². The Balaban J connectivity index is 2.23. The van der Waals surface area contributed by atoms with Gasteiger partial charge in [0.1, 0.15) is 0 Å². The maximum absolute atomic E-state index is 4.60. The average molecular weight is 278 g/mol. The lowest BCUT2D eigenvalue weighted by atomic mass is 10.1. The van der Waals surface area contributed by atoms with E-state index in [0.29, 0.717) is 11.9 Å². The summed E-state index contributed by atoms with van der Waals surface area (Å²) < 4.78 is 0. The molecule has 20 heavy (non-hydrogen) atoms. The number of anilines is 3. The molecule has 0 unspecified atom stereocenters. The summed E-state index contributed by atoms with van der Waals surface area (Å²) >= 11 is 0. The molecule has 1 fully saturated rings. The number of hydrogen-bond acceptors (Lipinski definition) is 6. The normalized spacial score (nSPS) is 16.4. The molecule has 0 aliphatic carbocycles. The number of hydrogen-bond donors (Lipinski definition) is 1. The first kappa shape index (κ1) is 14.8. The highest BCUT2D eigenvalue weighted by atomic mass is 15.3. The van der Waals surface area contributed by atoms with Crippen LogP contribution in [0.3, 0.4) is 0 Å². The molecule has 2 heterocycles. The van der Waals surface area contributed by atoms with E-state index in [-0.39, 0.29) is 0 Å². The quantitative estimate of drug-likeness (QED) is 0.910. The van der Waals surface area contributed by atoms with Crippen molar-refractivity contribution >= 4 is 17.8 Å². The van der Waals surface area contributed by atoms with E-state index in [1.54, 1.807) is 0 Å². The number of nitrogens with zero attached hydrogens (tertiary/aromatic N) is 5. The number of nitrogens with one attached hydrogen (secondary N) is 1. The predicted molar refractivity (Wildman–Crippen MR) is 83.6 cm³/mol. The van der Waals surface area contributed by atoms with Crippen LogP contribution >= 0.6 is 0 Å². The smallest absolute Gasteiger partial charge is 0.231 e. The van der Waals surface area contributed by atoms with Gasteiger partial charge in [0.2, 0.25) is 17.8 Å². The Morgan fingerprint density at radius 2 is 1.65 bits per heavy atom. The Kier molecular flexibility index (Phi) is 5.38. The zero-order chi connectivity index (χ0) is 14.4. The largest absolute Gasteiger partial charge is 0.354 e. The summed E-state index contributed by atoms with van der Waals surface area (Å²) in [5.74, 6) is 2.19. The molecule has 0 bridgehead atoms. The first-order valence-corrected chi connectivity index (χ1v) is 7.63. The monoisotopic (exact) mass is 278 g/mol. The van der Waals surface area contributed by atoms with Crippen LogP contribution in [0.5, 0.6) is 0 Å². The van der Waals surface area contributed by atoms with E-state index in [9.17, 15) is 0 Å². The summed E-state index contributed by atoms with van der Waals surface area (Å²) in [6, 6.07) is 0. The fourth-order valence-corrected chi connectivity index (χ4v) is 2.38. The first-order valence-electron chi connectivity index (χ1n) is 7.63. The molecule has 1 aromatic rings. The molecule has 1 aliphatic heterocycles. The van der Waals surface area contributed by atoms with E-state index in [1.807, 2.05) is 19.0 Å². The van der Waals surface area contributed by atoms with Crippen LogP contribution in [0.4, 0.5) is 17.8 Å². The van der Waals surface area contributed by atoms with Gasteiger partial charge in [0.25, 0.3) is 0 Å². The molecule has 2 rings (SSSR count). The Morgan fingerprint density at radius 3 is 2.25 bits per heavy atom. The van der Waals surface area contributed by atoms with E-state index in [2.05, 4.69) is 32.1 Å². The van der Waals surface area contributed by atoms with Crippen molar-refractivity contribution in [1.29, 1.82) is 0 Å². The number of rotatable bonds is 4. The molecule has 0 aromatic carbocycles. The van der Waals surface area contributed by atoms with Gasteiger partial charge in [0, 0.05) is 33.7 Å². The molecule has 0 radical (unpaired) electrons. The molecular formula is C14H26N6. The standard InChI is InChI=1S/C14H26N6/c1-4-15-12-16-13(19(2)3)18-14(17-12)20-10-8-6-5-7-9-11-20/h4-11H2,1-3H3,(H,15,16,17,18). The van der Waals surface area contributed by atoms with Crippen molar-refractivity contribution in [2.45, 2.75) is 39.0 Å². The third kappa shape index (κ3) is 3.95. The van der Waals surface area contributed by atoms with Crippen molar-refractivity contribution < 1.29 is 0 Å². The Bertz CT molecular complexity index is 412. The first-order chi connectivity index (χ1) is 9.70. The van der Waals surface area contributed by atoms with Crippen LogP contribution in [0.2, 0.25) is 0 Å². The topological polar surface area (TPSA) is 57.2 Å². The van der Waals surface area contributed by atoms with Gasteiger partial charge in [-0.05, 0) is 19.8 Å². The molecule has 1 N–H and O–H groups in total. The van der Waals surface area contributed by atoms with E-state index in [0.717, 1.165) is 25.6 Å². The molecule has 0 amide bonds. The molecule has 112 valence electrons. The van der Waals surface area contributed by atoms with Crippen LogP contribution in [-0.2, 0) is 0 Å². The van der Waals surface area contributed by atoms with E-state index >= 15 is 0 Å². The summed E-state index contributed by atoms with van der Waals surface area (Å²) in [5, 5.41) is 3.19. The SMILES string of the molecule is CCNc1nc(N(C)C)nc(N2CCCCCCC2)n1. The van der Waals surface area contributed by atoms with Crippen LogP contribution in [0.25, 0.3) is 0 Å². The van der Waals surface area contributed by atoms with Gasteiger partial charge >= 0.3 is 0 Å². The predicted octanol–water partition coefficient (Wildman–Crippen LogP) is 2.14. The summed E-state index contributed by atoms with van der Waals surface area (Å²) in [6.45, 7) is 4.95. The fourth-order valence-electron chi connectivity index (χ4n) is 2.38. The number of aromatic nitrogens is 3. The van der Waals surface area contributed by atoms with Crippen molar-refractivity contribution in [2.75, 3.05) is 48.8 Å². The molecule has 1 aromatic heterocycles. The molecule has 0 atom stereocenters. The van der Waals surface area contributed by atoms with Gasteiger partial charge in [-0.25, -0.2) is 0 Å². The van der Waals surface area contributed by atoms with Gasteiger partial charge in [0.15, 0.2) is 0 Å². The zero-order valence-corrected chi connectivity index (χ0v) is 12.9. The molecule has 6 heteroatoms. The van der Waals surface area contributed by atoms with Gasteiger partial charge in [0.05, 0.1) is 0 Å². The van der Waals surface area contributed by atoms with Gasteiger partial charge in [-0.2, -0.15) is 15.0 Å². The maximum Gasteiger partial charge on any atom is 0.231 e. The van der Waals surface area contributed by atoms with Crippen LogP contribution in [0.1, 0.15) is 39.0 Å². The second-order valence-corrected chi connectivity index (χ2v) is 5.44. The third-order valence-corrected chi connectivity index (χ3v) is 3.49. The van der Waals surface area contributed by atoms with Crippen molar-refractivity contribution in [1.82, 2.24) is 15.0 Å². The summed E-state index contributed by atoms with van der Waals surface area (Å²) in [5.41, 5.74) is 0. The highest BCUT2D eigenvalue weighted by molar-refractivity contribution is 5.44. The third-order valence-electron chi connectivity index (χ3n) is 3.49. The van der Waals surface area contributed by atoms with E-state index in [1.165, 1.54) is 32.1 Å². The molecule has 6 nitrogen and oxygen atoms in total. The molecule has 1 aliphatic rings. The molecule has 0 spiro atoms. The lowest BCUT2D eigenvalue weighted by Crippen LogP contribution is -2.30. The minimum atomic E-state index is 0.670. The van der Waals surface area contributed by atoms with E-state index < -0.39 is 0 Å². The van der Waals surface area contributed by atoms with Crippen molar-refractivity contribution in [3.05, 3.63) is 0 Å². The van der Waals surface area contributed by atoms with Crippen LogP contribution in [0, 0.1) is 0 Å². The summed E-state index contributed by atoms with van der Waals surface area (Å²) in [4.78, 5) is 17.8. The van der Waals surface area contributed by atoms with Crippen LogP contribution < -0.4 is 15.1 Å². The van der Waals surface area contributed by atoms with Crippen LogP contribution in [0.15, 0.2) is 0 Å². The van der Waals surface area contributed by atoms with E-state index in [4.69, 9.17) is 0 Å². The average Bonchev–Trinajstić information content (AvgIpc) is 2.38. The maximum atomic E-state index is 4.60. The van der Waals surface area contributed by atoms with Crippen molar-refractivity contribution in [3.8, 4) is 0 Å². The molecule has 1 saturated heterocycles. The van der Waals surface area contributed by atoms with Crippen molar-refractivity contribution in [2.24, 2.45) is 0 Å². The summed E-state index contributed by atoms with van der Waals surface area (Å²) in [6.07, 6.45) is 6.42.